The van der Waals surface area contributed by atoms with Crippen LogP contribution in [0.5, 0.6) is 0 Å². The Morgan fingerprint density at radius 1 is 1.50 bits per heavy atom. The van der Waals surface area contributed by atoms with Crippen LogP contribution in [0.15, 0.2) is 16.7 Å². The fourth-order valence-electron chi connectivity index (χ4n) is 2.10. The van der Waals surface area contributed by atoms with Gasteiger partial charge in [-0.1, -0.05) is 31.2 Å². The molecule has 0 saturated carbocycles. The van der Waals surface area contributed by atoms with Gasteiger partial charge in [-0.25, -0.2) is 0 Å². The third-order valence-corrected chi connectivity index (χ3v) is 3.40. The Morgan fingerprint density at radius 3 is 3.00 bits per heavy atom. The summed E-state index contributed by atoms with van der Waals surface area (Å²) in [6, 6.07) is 0. The summed E-state index contributed by atoms with van der Waals surface area (Å²) in [6.45, 7) is 4.52. The molecule has 2 rings (SSSR count). The van der Waals surface area contributed by atoms with Crippen LogP contribution in [0.25, 0.3) is 0 Å². The molecule has 0 aromatic carbocycles. The molecule has 0 radical (unpaired) electrons. The number of carbonyl (C=O) groups is 1. The second-order valence-corrected chi connectivity index (χ2v) is 5.53. The van der Waals surface area contributed by atoms with Crippen LogP contribution >= 0.6 is 0 Å². The lowest BCUT2D eigenvalue weighted by atomic mass is 9.95. The van der Waals surface area contributed by atoms with Crippen LogP contribution in [0.1, 0.15) is 57.2 Å². The van der Waals surface area contributed by atoms with Crippen molar-refractivity contribution in [2.75, 3.05) is 6.61 Å². The van der Waals surface area contributed by atoms with Crippen molar-refractivity contribution in [3.05, 3.63) is 23.9 Å². The van der Waals surface area contributed by atoms with E-state index in [0.717, 1.165) is 19.3 Å². The van der Waals surface area contributed by atoms with Gasteiger partial charge in [-0.3, -0.25) is 4.79 Å². The van der Waals surface area contributed by atoms with Gasteiger partial charge in [0, 0.05) is 12.3 Å². The number of esters is 1. The van der Waals surface area contributed by atoms with E-state index in [0.29, 0.717) is 37.1 Å². The van der Waals surface area contributed by atoms with Gasteiger partial charge >= 0.3 is 5.97 Å². The molecule has 1 unspecified atom stereocenters. The van der Waals surface area contributed by atoms with E-state index < -0.39 is 0 Å². The molecule has 1 aromatic rings. The SMILES string of the molecule is CC(C)c1noc(CCC(=O)OCC2CC=CCC2)n1. The minimum Gasteiger partial charge on any atom is -0.465 e. The predicted octanol–water partition coefficient (Wildman–Crippen LogP) is 3.03. The highest BCUT2D eigenvalue weighted by atomic mass is 16.5. The third-order valence-electron chi connectivity index (χ3n) is 3.40. The molecule has 1 aliphatic rings. The maximum Gasteiger partial charge on any atom is 0.306 e. The fraction of sp³-hybridized carbons (Fsp3) is 0.667. The molecule has 5 heteroatoms. The summed E-state index contributed by atoms with van der Waals surface area (Å²) < 4.78 is 10.4. The molecule has 0 N–H and O–H groups in total. The first-order valence-corrected chi connectivity index (χ1v) is 7.28. The predicted molar refractivity (Wildman–Crippen MR) is 74.1 cm³/mol. The number of aryl methyl sites for hydroxylation is 1. The van der Waals surface area contributed by atoms with Crippen LogP contribution in [0.4, 0.5) is 0 Å². The minimum atomic E-state index is -0.191. The van der Waals surface area contributed by atoms with Gasteiger partial charge in [0.1, 0.15) is 0 Å². The van der Waals surface area contributed by atoms with E-state index in [1.165, 1.54) is 0 Å². The van der Waals surface area contributed by atoms with E-state index in [1.807, 2.05) is 13.8 Å². The van der Waals surface area contributed by atoms with Crippen LogP contribution < -0.4 is 0 Å². The Balaban J connectivity index is 1.67. The Morgan fingerprint density at radius 2 is 2.35 bits per heavy atom. The number of hydrogen-bond acceptors (Lipinski definition) is 5. The minimum absolute atomic E-state index is 0.191. The summed E-state index contributed by atoms with van der Waals surface area (Å²) in [5.41, 5.74) is 0. The lowest BCUT2D eigenvalue weighted by Gasteiger charge is -2.17. The number of aromatic nitrogens is 2. The first-order valence-electron chi connectivity index (χ1n) is 7.28. The summed E-state index contributed by atoms with van der Waals surface area (Å²) in [5, 5.41) is 3.87. The van der Waals surface area contributed by atoms with Crippen molar-refractivity contribution in [3.63, 3.8) is 0 Å². The van der Waals surface area contributed by atoms with Gasteiger partial charge in [0.05, 0.1) is 13.0 Å². The van der Waals surface area contributed by atoms with E-state index in [2.05, 4.69) is 22.3 Å². The molecule has 0 aliphatic heterocycles. The Hall–Kier alpha value is -1.65. The molecule has 0 saturated heterocycles. The van der Waals surface area contributed by atoms with Gasteiger partial charge in [0.2, 0.25) is 5.89 Å². The van der Waals surface area contributed by atoms with E-state index in [-0.39, 0.29) is 11.9 Å². The largest absolute Gasteiger partial charge is 0.465 e. The molecule has 110 valence electrons. The maximum atomic E-state index is 11.7. The molecule has 20 heavy (non-hydrogen) atoms. The molecule has 0 bridgehead atoms. The van der Waals surface area contributed by atoms with Crippen molar-refractivity contribution < 1.29 is 14.1 Å². The lowest BCUT2D eigenvalue weighted by molar-refractivity contribution is -0.145. The van der Waals surface area contributed by atoms with E-state index in [1.54, 1.807) is 0 Å². The van der Waals surface area contributed by atoms with Crippen molar-refractivity contribution in [2.24, 2.45) is 5.92 Å². The van der Waals surface area contributed by atoms with Crippen LogP contribution in [0.3, 0.4) is 0 Å². The second-order valence-electron chi connectivity index (χ2n) is 5.53. The molecule has 0 spiro atoms. The Bertz CT molecular complexity index is 465. The molecule has 1 aromatic heterocycles. The second kappa shape index (κ2) is 7.22. The summed E-state index contributed by atoms with van der Waals surface area (Å²) in [7, 11) is 0. The highest BCUT2D eigenvalue weighted by Crippen LogP contribution is 2.18. The maximum absolute atomic E-state index is 11.7. The van der Waals surface area contributed by atoms with E-state index in [9.17, 15) is 4.79 Å². The first-order chi connectivity index (χ1) is 9.65. The highest BCUT2D eigenvalue weighted by Gasteiger charge is 2.14. The first kappa shape index (κ1) is 14.8. The van der Waals surface area contributed by atoms with Crippen molar-refractivity contribution in [3.8, 4) is 0 Å². The van der Waals surface area contributed by atoms with Crippen LogP contribution in [-0.4, -0.2) is 22.7 Å². The molecular formula is C15H22N2O3. The molecule has 1 heterocycles. The number of nitrogens with zero attached hydrogens (tertiary/aromatic N) is 2. The number of hydrogen-bond donors (Lipinski definition) is 0. The summed E-state index contributed by atoms with van der Waals surface area (Å²) in [6.07, 6.45) is 8.28. The van der Waals surface area contributed by atoms with Crippen molar-refractivity contribution >= 4 is 5.97 Å². The van der Waals surface area contributed by atoms with Crippen LogP contribution in [0, 0.1) is 5.92 Å². The van der Waals surface area contributed by atoms with Gasteiger partial charge in [-0.2, -0.15) is 4.98 Å². The smallest absolute Gasteiger partial charge is 0.306 e. The van der Waals surface area contributed by atoms with E-state index >= 15 is 0 Å². The quantitative estimate of drug-likeness (QED) is 0.591. The van der Waals surface area contributed by atoms with Gasteiger partial charge < -0.3 is 9.26 Å². The van der Waals surface area contributed by atoms with Crippen LogP contribution in [0.2, 0.25) is 0 Å². The van der Waals surface area contributed by atoms with Crippen molar-refractivity contribution in [1.82, 2.24) is 10.1 Å². The molecule has 0 amide bonds. The van der Waals surface area contributed by atoms with Crippen molar-refractivity contribution in [1.29, 1.82) is 0 Å². The molecule has 5 nitrogen and oxygen atoms in total. The summed E-state index contributed by atoms with van der Waals surface area (Å²) in [4.78, 5) is 15.9. The zero-order chi connectivity index (χ0) is 14.4. The topological polar surface area (TPSA) is 65.2 Å². The standard InChI is InChI=1S/C15H22N2O3/c1-11(2)15-16-13(20-17-15)8-9-14(18)19-10-12-6-4-3-5-7-12/h3-4,11-12H,5-10H2,1-2H3. The van der Waals surface area contributed by atoms with Crippen molar-refractivity contribution in [2.45, 2.75) is 51.9 Å². The molecule has 1 aliphatic carbocycles. The number of ether oxygens (including phenoxy) is 1. The van der Waals surface area contributed by atoms with Gasteiger partial charge in [0.15, 0.2) is 5.82 Å². The average Bonchev–Trinajstić information content (AvgIpc) is 2.93. The van der Waals surface area contributed by atoms with E-state index in [4.69, 9.17) is 9.26 Å². The molecular weight excluding hydrogens is 256 g/mol. The van der Waals surface area contributed by atoms with Gasteiger partial charge in [0.25, 0.3) is 0 Å². The number of rotatable bonds is 6. The molecule has 1 atom stereocenters. The Labute approximate surface area is 119 Å². The van der Waals surface area contributed by atoms with Gasteiger partial charge in [-0.05, 0) is 25.2 Å². The normalized spacial score (nSPS) is 18.4. The molecule has 0 fully saturated rings. The zero-order valence-corrected chi connectivity index (χ0v) is 12.2. The third kappa shape index (κ3) is 4.47. The number of allylic oxidation sites excluding steroid dienone is 2. The highest BCUT2D eigenvalue weighted by molar-refractivity contribution is 5.69. The summed E-state index contributed by atoms with van der Waals surface area (Å²) in [5.74, 6) is 1.70. The average molecular weight is 278 g/mol. The fourth-order valence-corrected chi connectivity index (χ4v) is 2.10. The Kier molecular flexibility index (Phi) is 5.32. The van der Waals surface area contributed by atoms with Gasteiger partial charge in [-0.15, -0.1) is 0 Å². The lowest BCUT2D eigenvalue weighted by Crippen LogP contribution is -2.15. The van der Waals surface area contributed by atoms with Crippen LogP contribution in [-0.2, 0) is 16.0 Å². The zero-order valence-electron chi connectivity index (χ0n) is 12.2. The summed E-state index contributed by atoms with van der Waals surface area (Å²) >= 11 is 0. The monoisotopic (exact) mass is 278 g/mol. The number of carbonyl (C=O) groups excluding carboxylic acids is 1.